The van der Waals surface area contributed by atoms with Gasteiger partial charge in [-0.25, -0.2) is 19.5 Å². The summed E-state index contributed by atoms with van der Waals surface area (Å²) in [4.78, 5) is 32.5. The van der Waals surface area contributed by atoms with Crippen molar-refractivity contribution in [1.82, 2.24) is 19.3 Å². The molecule has 0 spiro atoms. The SMILES string of the molecule is C=C(CCC(=O)NS(=O)(=O)OC[C@H]1O[C@@H](n2cnc3c(N)ccnc32)[C@H](O)[C@@H]1O)c1ccccc1C(=O)OC. The first-order chi connectivity index (χ1) is 18.5. The van der Waals surface area contributed by atoms with Gasteiger partial charge in [0.1, 0.15) is 23.8 Å². The van der Waals surface area contributed by atoms with Crippen LogP contribution < -0.4 is 10.5 Å². The van der Waals surface area contributed by atoms with Crippen molar-refractivity contribution < 1.29 is 41.9 Å². The molecule has 0 aliphatic carbocycles. The quantitative estimate of drug-likeness (QED) is 0.247. The average molecular weight is 562 g/mol. The van der Waals surface area contributed by atoms with E-state index in [9.17, 15) is 28.2 Å². The lowest BCUT2D eigenvalue weighted by atomic mass is 9.97. The molecular formula is C24H27N5O9S. The lowest BCUT2D eigenvalue weighted by Crippen LogP contribution is -2.37. The Morgan fingerprint density at radius 3 is 2.59 bits per heavy atom. The van der Waals surface area contributed by atoms with Gasteiger partial charge in [-0.2, -0.15) is 8.42 Å². The molecule has 0 unspecified atom stereocenters. The van der Waals surface area contributed by atoms with Crippen LogP contribution >= 0.6 is 0 Å². The Kier molecular flexibility index (Phi) is 8.27. The maximum absolute atomic E-state index is 12.3. The number of allylic oxidation sites excluding steroid dienone is 1. The molecule has 15 heteroatoms. The van der Waals surface area contributed by atoms with Crippen molar-refractivity contribution in [3.63, 3.8) is 0 Å². The van der Waals surface area contributed by atoms with E-state index in [1.54, 1.807) is 35.1 Å². The third-order valence-corrected chi connectivity index (χ3v) is 7.02. The number of amides is 1. The molecule has 4 rings (SSSR count). The number of methoxy groups -OCH3 is 1. The molecule has 3 aromatic rings. The number of nitrogens with two attached hydrogens (primary N) is 1. The molecule has 0 radical (unpaired) electrons. The first kappa shape index (κ1) is 28.1. The Morgan fingerprint density at radius 1 is 1.15 bits per heavy atom. The number of anilines is 1. The second-order valence-electron chi connectivity index (χ2n) is 8.68. The van der Waals surface area contributed by atoms with Crippen LogP contribution in [0.2, 0.25) is 0 Å². The van der Waals surface area contributed by atoms with Gasteiger partial charge in [0.05, 0.1) is 31.3 Å². The van der Waals surface area contributed by atoms with Gasteiger partial charge in [-0.3, -0.25) is 13.5 Å². The fraction of sp³-hybridized carbons (Fsp3) is 0.333. The van der Waals surface area contributed by atoms with Crippen molar-refractivity contribution >= 4 is 44.6 Å². The van der Waals surface area contributed by atoms with Gasteiger partial charge in [0.2, 0.25) is 5.91 Å². The number of hydrogen-bond donors (Lipinski definition) is 4. The van der Waals surface area contributed by atoms with Crippen molar-refractivity contribution in [2.45, 2.75) is 37.4 Å². The van der Waals surface area contributed by atoms with Crippen LogP contribution in [0.3, 0.4) is 0 Å². The second-order valence-corrected chi connectivity index (χ2v) is 10.0. The minimum Gasteiger partial charge on any atom is -0.465 e. The van der Waals surface area contributed by atoms with Crippen molar-refractivity contribution in [3.05, 3.63) is 60.6 Å². The van der Waals surface area contributed by atoms with Crippen LogP contribution in [0.4, 0.5) is 5.69 Å². The molecule has 1 fully saturated rings. The smallest absolute Gasteiger partial charge is 0.362 e. The van der Waals surface area contributed by atoms with Crippen LogP contribution in [0, 0.1) is 0 Å². The Morgan fingerprint density at radius 2 is 1.87 bits per heavy atom. The topological polar surface area (TPSA) is 205 Å². The first-order valence-corrected chi connectivity index (χ1v) is 13.1. The summed E-state index contributed by atoms with van der Waals surface area (Å²) in [5.41, 5.74) is 8.05. The lowest BCUT2D eigenvalue weighted by Gasteiger charge is -2.16. The minimum atomic E-state index is -4.58. The standard InChI is InChI=1S/C24H27N5O9S/c1-13(14-5-3-4-6-15(14)24(33)36-2)7-8-18(30)28-39(34,35)37-11-17-20(31)21(32)23(38-17)29-12-27-19-16(25)9-10-26-22(19)29/h3-6,9-10,12,17,20-21,23,31-32H,1,7-8,11H2,2H3,(H2,25,26)(H,28,30)/t17-,20-,21-,23-/m1/s1. The maximum Gasteiger partial charge on any atom is 0.362 e. The van der Waals surface area contributed by atoms with E-state index in [2.05, 4.69) is 16.5 Å². The van der Waals surface area contributed by atoms with Crippen molar-refractivity contribution in [2.75, 3.05) is 19.5 Å². The summed E-state index contributed by atoms with van der Waals surface area (Å²) in [6.07, 6.45) is -2.85. The number of nitrogens with one attached hydrogen (secondary N) is 1. The number of fused-ring (bicyclic) bond motifs is 1. The van der Waals surface area contributed by atoms with E-state index in [0.717, 1.165) is 0 Å². The van der Waals surface area contributed by atoms with E-state index in [-0.39, 0.29) is 18.4 Å². The molecule has 0 saturated carbocycles. The number of hydrogen-bond acceptors (Lipinski definition) is 12. The number of carbonyl (C=O) groups excluding carboxylic acids is 2. The number of nitrogen functional groups attached to an aromatic ring is 1. The van der Waals surface area contributed by atoms with Crippen molar-refractivity contribution in [3.8, 4) is 0 Å². The molecule has 39 heavy (non-hydrogen) atoms. The minimum absolute atomic E-state index is 0.0467. The van der Waals surface area contributed by atoms with Crippen molar-refractivity contribution in [2.24, 2.45) is 0 Å². The van der Waals surface area contributed by atoms with Gasteiger partial charge in [0.25, 0.3) is 0 Å². The molecule has 3 heterocycles. The van der Waals surface area contributed by atoms with E-state index in [1.807, 2.05) is 0 Å². The summed E-state index contributed by atoms with van der Waals surface area (Å²) in [5.74, 6) is -1.46. The highest BCUT2D eigenvalue weighted by Crippen LogP contribution is 2.32. The third kappa shape index (κ3) is 6.07. The molecular weight excluding hydrogens is 534 g/mol. The number of benzene rings is 1. The van der Waals surface area contributed by atoms with Gasteiger partial charge in [0, 0.05) is 12.6 Å². The zero-order valence-corrected chi connectivity index (χ0v) is 21.6. The summed E-state index contributed by atoms with van der Waals surface area (Å²) in [5, 5.41) is 20.9. The molecule has 1 aliphatic rings. The maximum atomic E-state index is 12.3. The molecule has 5 N–H and O–H groups in total. The largest absolute Gasteiger partial charge is 0.465 e. The van der Waals surface area contributed by atoms with E-state index in [4.69, 9.17) is 19.4 Å². The molecule has 1 aromatic carbocycles. The summed E-state index contributed by atoms with van der Waals surface area (Å²) in [7, 11) is -3.34. The summed E-state index contributed by atoms with van der Waals surface area (Å²) < 4.78 is 43.0. The van der Waals surface area contributed by atoms with Crippen LogP contribution in [-0.4, -0.2) is 77.1 Å². The predicted octanol–water partition coefficient (Wildman–Crippen LogP) is 0.291. The average Bonchev–Trinajstić information content (AvgIpc) is 3.47. The van der Waals surface area contributed by atoms with Gasteiger partial charge < -0.3 is 25.4 Å². The molecule has 0 bridgehead atoms. The fourth-order valence-electron chi connectivity index (χ4n) is 4.09. The van der Waals surface area contributed by atoms with Gasteiger partial charge >= 0.3 is 16.3 Å². The molecule has 208 valence electrons. The van der Waals surface area contributed by atoms with E-state index >= 15 is 0 Å². The third-order valence-electron chi connectivity index (χ3n) is 6.10. The number of rotatable bonds is 10. The summed E-state index contributed by atoms with van der Waals surface area (Å²) >= 11 is 0. The Labute approximate surface area is 223 Å². The number of carbonyl (C=O) groups is 2. The zero-order chi connectivity index (χ0) is 28.3. The number of ether oxygens (including phenoxy) is 2. The van der Waals surface area contributed by atoms with E-state index in [1.165, 1.54) is 24.2 Å². The normalized spacial score (nSPS) is 21.1. The van der Waals surface area contributed by atoms with Gasteiger partial charge in [-0.15, -0.1) is 0 Å². The number of aliphatic hydroxyl groups excluding tert-OH is 2. The number of aliphatic hydroxyl groups is 2. The monoisotopic (exact) mass is 561 g/mol. The molecule has 4 atom stereocenters. The summed E-state index contributed by atoms with van der Waals surface area (Å²) in [6, 6.07) is 8.07. The molecule has 1 aliphatic heterocycles. The van der Waals surface area contributed by atoms with Crippen LogP contribution in [0.25, 0.3) is 16.7 Å². The highest BCUT2D eigenvalue weighted by molar-refractivity contribution is 7.85. The summed E-state index contributed by atoms with van der Waals surface area (Å²) in [6.45, 7) is 3.18. The highest BCUT2D eigenvalue weighted by Gasteiger charge is 2.45. The molecule has 1 amide bonds. The number of esters is 1. The molecule has 1 saturated heterocycles. The Hall–Kier alpha value is -3.89. The Bertz CT molecular complexity index is 1510. The number of imidazole rings is 1. The first-order valence-electron chi connectivity index (χ1n) is 11.7. The van der Waals surface area contributed by atoms with Gasteiger partial charge in [-0.05, 0) is 29.7 Å². The predicted molar refractivity (Wildman–Crippen MR) is 137 cm³/mol. The zero-order valence-electron chi connectivity index (χ0n) is 20.8. The highest BCUT2D eigenvalue weighted by atomic mass is 32.2. The number of nitrogens with zero attached hydrogens (tertiary/aromatic N) is 3. The van der Waals surface area contributed by atoms with Gasteiger partial charge in [-0.1, -0.05) is 24.8 Å². The van der Waals surface area contributed by atoms with Crippen LogP contribution in [0.5, 0.6) is 0 Å². The molecule has 14 nitrogen and oxygen atoms in total. The Balaban J connectivity index is 1.32. The molecule has 2 aromatic heterocycles. The number of pyridine rings is 1. The van der Waals surface area contributed by atoms with Gasteiger partial charge in [0.15, 0.2) is 11.9 Å². The van der Waals surface area contributed by atoms with E-state index < -0.39 is 53.3 Å². The fourth-order valence-corrected chi connectivity index (χ4v) is 4.84. The lowest BCUT2D eigenvalue weighted by molar-refractivity contribution is -0.119. The van der Waals surface area contributed by atoms with Crippen LogP contribution in [0.1, 0.15) is 35.0 Å². The van der Waals surface area contributed by atoms with E-state index in [0.29, 0.717) is 28.0 Å². The number of aromatic nitrogens is 3. The van der Waals surface area contributed by atoms with Crippen LogP contribution in [-0.2, 0) is 28.8 Å². The second kappa shape index (κ2) is 11.5. The van der Waals surface area contributed by atoms with Crippen LogP contribution in [0.15, 0.2) is 49.4 Å². The van der Waals surface area contributed by atoms with Crippen molar-refractivity contribution in [1.29, 1.82) is 0 Å².